The molecular weight excluding hydrogens is 268 g/mol. The molecule has 1 amide bonds. The van der Waals surface area contributed by atoms with Gasteiger partial charge in [-0.2, -0.15) is 4.98 Å². The number of rotatable bonds is 5. The monoisotopic (exact) mass is 292 g/mol. The number of hydrogen-bond acceptors (Lipinski definition) is 5. The summed E-state index contributed by atoms with van der Waals surface area (Å²) in [6.07, 6.45) is 0.924. The molecule has 1 saturated heterocycles. The molecular formula is C15H24N4O2. The quantitative estimate of drug-likeness (QED) is 0.857. The van der Waals surface area contributed by atoms with E-state index >= 15 is 0 Å². The fourth-order valence-corrected chi connectivity index (χ4v) is 2.35. The Balaban J connectivity index is 2.03. The minimum atomic E-state index is 0.00747. The van der Waals surface area contributed by atoms with E-state index in [1.54, 1.807) is 6.92 Å². The van der Waals surface area contributed by atoms with Gasteiger partial charge < -0.3 is 20.7 Å². The van der Waals surface area contributed by atoms with Gasteiger partial charge in [-0.25, -0.2) is 0 Å². The van der Waals surface area contributed by atoms with E-state index in [0.29, 0.717) is 24.1 Å². The number of carbonyl (C=O) groups is 1. The Hall–Kier alpha value is -1.98. The van der Waals surface area contributed by atoms with Crippen LogP contribution in [0.25, 0.3) is 0 Å². The highest BCUT2D eigenvalue weighted by Gasteiger charge is 2.24. The number of ether oxygens (including phenoxy) is 1. The first-order valence-electron chi connectivity index (χ1n) is 7.37. The first-order valence-corrected chi connectivity index (χ1v) is 7.37. The largest absolute Gasteiger partial charge is 0.476 e. The summed E-state index contributed by atoms with van der Waals surface area (Å²) in [7, 11) is 0. The predicted molar refractivity (Wildman–Crippen MR) is 83.4 cm³/mol. The van der Waals surface area contributed by atoms with Crippen molar-refractivity contribution in [3.63, 3.8) is 0 Å². The fourth-order valence-electron chi connectivity index (χ4n) is 2.35. The molecule has 6 nitrogen and oxygen atoms in total. The summed E-state index contributed by atoms with van der Waals surface area (Å²) in [6, 6.07) is 3.90. The van der Waals surface area contributed by atoms with Crippen molar-refractivity contribution >= 4 is 17.4 Å². The Kier molecular flexibility index (Phi) is 4.88. The van der Waals surface area contributed by atoms with Crippen LogP contribution in [-0.4, -0.2) is 36.6 Å². The first-order chi connectivity index (χ1) is 9.95. The molecule has 21 heavy (non-hydrogen) atoms. The molecule has 1 fully saturated rings. The van der Waals surface area contributed by atoms with E-state index in [1.807, 2.05) is 12.1 Å². The number of amides is 1. The van der Waals surface area contributed by atoms with Gasteiger partial charge in [0.05, 0.1) is 12.3 Å². The number of pyridine rings is 1. The van der Waals surface area contributed by atoms with Gasteiger partial charge in [0, 0.05) is 26.1 Å². The maximum atomic E-state index is 11.1. The maximum absolute atomic E-state index is 11.1. The topological polar surface area (TPSA) is 80.5 Å². The lowest BCUT2D eigenvalue weighted by Crippen LogP contribution is -2.35. The Morgan fingerprint density at radius 2 is 2.33 bits per heavy atom. The van der Waals surface area contributed by atoms with Gasteiger partial charge in [0.25, 0.3) is 0 Å². The van der Waals surface area contributed by atoms with E-state index in [2.05, 4.69) is 29.0 Å². The highest BCUT2D eigenvalue weighted by Crippen LogP contribution is 2.25. The van der Waals surface area contributed by atoms with Crippen LogP contribution in [0.2, 0.25) is 0 Å². The first kappa shape index (κ1) is 15.4. The van der Waals surface area contributed by atoms with Crippen molar-refractivity contribution in [3.05, 3.63) is 12.1 Å². The number of nitrogens with one attached hydrogen (secondary N) is 1. The molecule has 0 bridgehead atoms. The molecule has 1 atom stereocenters. The number of nitrogens with zero attached hydrogens (tertiary/aromatic N) is 2. The number of anilines is 2. The van der Waals surface area contributed by atoms with Crippen LogP contribution >= 0.6 is 0 Å². The molecule has 0 spiro atoms. The van der Waals surface area contributed by atoms with E-state index in [0.717, 1.165) is 25.3 Å². The zero-order valence-corrected chi connectivity index (χ0v) is 12.9. The zero-order valence-electron chi connectivity index (χ0n) is 12.9. The second kappa shape index (κ2) is 6.65. The summed E-state index contributed by atoms with van der Waals surface area (Å²) in [4.78, 5) is 17.8. The van der Waals surface area contributed by atoms with Gasteiger partial charge in [0.1, 0.15) is 5.82 Å². The van der Waals surface area contributed by atoms with Crippen LogP contribution in [0.3, 0.4) is 0 Å². The van der Waals surface area contributed by atoms with Gasteiger partial charge in [-0.05, 0) is 24.5 Å². The lowest BCUT2D eigenvalue weighted by molar-refractivity contribution is -0.119. The second-order valence-corrected chi connectivity index (χ2v) is 5.90. The van der Waals surface area contributed by atoms with Gasteiger partial charge >= 0.3 is 0 Å². The third-order valence-corrected chi connectivity index (χ3v) is 3.35. The summed E-state index contributed by atoms with van der Waals surface area (Å²) in [5.41, 5.74) is 6.46. The molecule has 116 valence electrons. The molecule has 1 aromatic heterocycles. The van der Waals surface area contributed by atoms with E-state index in [4.69, 9.17) is 10.5 Å². The fraction of sp³-hybridized carbons (Fsp3) is 0.600. The van der Waals surface area contributed by atoms with Crippen molar-refractivity contribution in [1.82, 2.24) is 10.3 Å². The van der Waals surface area contributed by atoms with Crippen molar-refractivity contribution in [2.24, 2.45) is 5.92 Å². The van der Waals surface area contributed by atoms with Crippen LogP contribution in [-0.2, 0) is 4.79 Å². The minimum absolute atomic E-state index is 0.00747. The third kappa shape index (κ3) is 4.24. The summed E-state index contributed by atoms with van der Waals surface area (Å²) >= 11 is 0. The van der Waals surface area contributed by atoms with Crippen molar-refractivity contribution < 1.29 is 9.53 Å². The molecule has 1 aromatic rings. The van der Waals surface area contributed by atoms with E-state index in [-0.39, 0.29) is 11.9 Å². The number of aromatic nitrogens is 1. The van der Waals surface area contributed by atoms with Crippen LogP contribution in [0, 0.1) is 5.92 Å². The molecule has 2 rings (SSSR count). The van der Waals surface area contributed by atoms with Crippen LogP contribution in [0.4, 0.5) is 11.5 Å². The SMILES string of the molecule is CC(=O)NC1CCN(c2ccc(N)c(OCC(C)C)n2)C1. The number of nitrogen functional groups attached to an aromatic ring is 1. The Bertz CT molecular complexity index is 504. The smallest absolute Gasteiger partial charge is 0.239 e. The molecule has 0 saturated carbocycles. The van der Waals surface area contributed by atoms with Gasteiger partial charge in [-0.3, -0.25) is 4.79 Å². The molecule has 1 aliphatic rings. The Morgan fingerprint density at radius 1 is 1.57 bits per heavy atom. The predicted octanol–water partition coefficient (Wildman–Crippen LogP) is 1.41. The van der Waals surface area contributed by atoms with Crippen LogP contribution in [0.5, 0.6) is 5.88 Å². The maximum Gasteiger partial charge on any atom is 0.239 e. The molecule has 0 aromatic carbocycles. The standard InChI is InChI=1S/C15H24N4O2/c1-10(2)9-21-15-13(16)4-5-14(18-15)19-7-6-12(8-19)17-11(3)20/h4-5,10,12H,6-9,16H2,1-3H3,(H,17,20). The minimum Gasteiger partial charge on any atom is -0.476 e. The molecule has 3 N–H and O–H groups in total. The molecule has 0 aliphatic carbocycles. The molecule has 0 radical (unpaired) electrons. The summed E-state index contributed by atoms with van der Waals surface area (Å²) in [5.74, 6) is 1.76. The van der Waals surface area contributed by atoms with Crippen molar-refractivity contribution in [2.45, 2.75) is 33.2 Å². The van der Waals surface area contributed by atoms with Crippen LogP contribution in [0.15, 0.2) is 12.1 Å². The number of nitrogens with two attached hydrogens (primary N) is 1. The molecule has 1 aliphatic heterocycles. The highest BCUT2D eigenvalue weighted by atomic mass is 16.5. The summed E-state index contributed by atoms with van der Waals surface area (Å²) < 4.78 is 5.66. The number of hydrogen-bond donors (Lipinski definition) is 2. The Morgan fingerprint density at radius 3 is 3.00 bits per heavy atom. The summed E-state index contributed by atoms with van der Waals surface area (Å²) in [5, 5.41) is 2.94. The molecule has 2 heterocycles. The van der Waals surface area contributed by atoms with Crippen molar-refractivity contribution in [2.75, 3.05) is 30.3 Å². The van der Waals surface area contributed by atoms with Crippen LogP contribution in [0.1, 0.15) is 27.2 Å². The van der Waals surface area contributed by atoms with E-state index < -0.39 is 0 Å². The second-order valence-electron chi connectivity index (χ2n) is 5.90. The third-order valence-electron chi connectivity index (χ3n) is 3.35. The molecule has 1 unspecified atom stereocenters. The number of carbonyl (C=O) groups excluding carboxylic acids is 1. The normalized spacial score (nSPS) is 18.1. The average Bonchev–Trinajstić information content (AvgIpc) is 2.85. The highest BCUT2D eigenvalue weighted by molar-refractivity contribution is 5.73. The van der Waals surface area contributed by atoms with Gasteiger partial charge in [0.15, 0.2) is 0 Å². The van der Waals surface area contributed by atoms with Crippen LogP contribution < -0.4 is 20.7 Å². The van der Waals surface area contributed by atoms with Crippen molar-refractivity contribution in [1.29, 1.82) is 0 Å². The van der Waals surface area contributed by atoms with Gasteiger partial charge in [0.2, 0.25) is 11.8 Å². The van der Waals surface area contributed by atoms with Gasteiger partial charge in [-0.1, -0.05) is 13.8 Å². The average molecular weight is 292 g/mol. The van der Waals surface area contributed by atoms with E-state index in [1.165, 1.54) is 0 Å². The molecule has 6 heteroatoms. The summed E-state index contributed by atoms with van der Waals surface area (Å²) in [6.45, 7) is 7.93. The lowest BCUT2D eigenvalue weighted by atomic mass is 10.2. The lowest BCUT2D eigenvalue weighted by Gasteiger charge is -2.19. The Labute approximate surface area is 125 Å². The van der Waals surface area contributed by atoms with E-state index in [9.17, 15) is 4.79 Å². The zero-order chi connectivity index (χ0) is 15.4. The van der Waals surface area contributed by atoms with Crippen molar-refractivity contribution in [3.8, 4) is 5.88 Å². The van der Waals surface area contributed by atoms with Gasteiger partial charge in [-0.15, -0.1) is 0 Å².